The standard InChI is InChI=1S/C8H13NOS/c1-6-3-4-8(10)7(5-6)9-11-2/h5,9-10H,3-4H2,1-2H3. The van der Waals surface area contributed by atoms with Gasteiger partial charge in [0.05, 0.1) is 5.70 Å². The van der Waals surface area contributed by atoms with Gasteiger partial charge in [-0.1, -0.05) is 17.5 Å². The van der Waals surface area contributed by atoms with E-state index in [1.807, 2.05) is 12.3 Å². The maximum atomic E-state index is 9.38. The second-order valence-electron chi connectivity index (χ2n) is 2.66. The molecular formula is C8H13NOS. The molecule has 0 aromatic carbocycles. The molecule has 0 saturated heterocycles. The lowest BCUT2D eigenvalue weighted by atomic mass is 10.0. The van der Waals surface area contributed by atoms with Gasteiger partial charge in [0.25, 0.3) is 0 Å². The van der Waals surface area contributed by atoms with Gasteiger partial charge in [-0.2, -0.15) is 0 Å². The predicted molar refractivity (Wildman–Crippen MR) is 49.3 cm³/mol. The predicted octanol–water partition coefficient (Wildman–Crippen LogP) is 2.36. The maximum absolute atomic E-state index is 9.38. The van der Waals surface area contributed by atoms with E-state index in [4.69, 9.17) is 0 Å². The number of allylic oxidation sites excluding steroid dienone is 3. The molecule has 0 fully saturated rings. The van der Waals surface area contributed by atoms with Gasteiger partial charge in [-0.3, -0.25) is 0 Å². The summed E-state index contributed by atoms with van der Waals surface area (Å²) >= 11 is 1.50. The molecule has 1 aliphatic rings. The van der Waals surface area contributed by atoms with Crippen LogP contribution in [0.25, 0.3) is 0 Å². The van der Waals surface area contributed by atoms with Crippen LogP contribution >= 0.6 is 11.9 Å². The Hall–Kier alpha value is -0.570. The smallest absolute Gasteiger partial charge is 0.116 e. The Morgan fingerprint density at radius 3 is 2.91 bits per heavy atom. The second kappa shape index (κ2) is 3.72. The van der Waals surface area contributed by atoms with Crippen LogP contribution in [0.15, 0.2) is 23.1 Å². The molecule has 0 aromatic heterocycles. The number of hydrogen-bond acceptors (Lipinski definition) is 3. The molecule has 0 atom stereocenters. The zero-order valence-electron chi connectivity index (χ0n) is 6.85. The molecule has 0 bridgehead atoms. The number of hydrogen-bond donors (Lipinski definition) is 2. The van der Waals surface area contributed by atoms with Gasteiger partial charge in [0, 0.05) is 12.7 Å². The minimum absolute atomic E-state index is 0.477. The zero-order valence-corrected chi connectivity index (χ0v) is 7.66. The summed E-state index contributed by atoms with van der Waals surface area (Å²) in [6.07, 6.45) is 5.68. The van der Waals surface area contributed by atoms with E-state index < -0.39 is 0 Å². The fraction of sp³-hybridized carbons (Fsp3) is 0.500. The Balaban J connectivity index is 2.71. The minimum Gasteiger partial charge on any atom is -0.510 e. The molecule has 0 aromatic rings. The molecule has 3 heteroatoms. The van der Waals surface area contributed by atoms with E-state index in [0.717, 1.165) is 18.5 Å². The summed E-state index contributed by atoms with van der Waals surface area (Å²) < 4.78 is 3.03. The van der Waals surface area contributed by atoms with Gasteiger partial charge in [0.15, 0.2) is 0 Å². The molecule has 0 radical (unpaired) electrons. The first-order chi connectivity index (χ1) is 5.24. The molecule has 0 amide bonds. The van der Waals surface area contributed by atoms with Gasteiger partial charge in [-0.05, 0) is 19.4 Å². The molecule has 2 nitrogen and oxygen atoms in total. The fourth-order valence-corrected chi connectivity index (χ4v) is 1.45. The summed E-state index contributed by atoms with van der Waals surface area (Å²) in [5, 5.41) is 9.38. The molecule has 1 aliphatic carbocycles. The van der Waals surface area contributed by atoms with Gasteiger partial charge in [0.2, 0.25) is 0 Å². The summed E-state index contributed by atoms with van der Waals surface area (Å²) in [5.74, 6) is 0.477. The third-order valence-corrected chi connectivity index (χ3v) is 2.09. The number of aliphatic hydroxyl groups excluding tert-OH is 1. The lowest BCUT2D eigenvalue weighted by molar-refractivity contribution is 0.377. The van der Waals surface area contributed by atoms with Crippen LogP contribution in [0.4, 0.5) is 0 Å². The van der Waals surface area contributed by atoms with Crippen molar-refractivity contribution in [3.05, 3.63) is 23.1 Å². The van der Waals surface area contributed by atoms with Crippen molar-refractivity contribution in [3.63, 3.8) is 0 Å². The van der Waals surface area contributed by atoms with E-state index in [0.29, 0.717) is 5.76 Å². The first-order valence-electron chi connectivity index (χ1n) is 3.62. The van der Waals surface area contributed by atoms with Gasteiger partial charge < -0.3 is 9.83 Å². The quantitative estimate of drug-likeness (QED) is 0.626. The van der Waals surface area contributed by atoms with E-state index >= 15 is 0 Å². The van der Waals surface area contributed by atoms with Crippen molar-refractivity contribution in [3.8, 4) is 0 Å². The van der Waals surface area contributed by atoms with Gasteiger partial charge in [-0.25, -0.2) is 0 Å². The number of aliphatic hydroxyl groups is 1. The Morgan fingerprint density at radius 1 is 1.55 bits per heavy atom. The molecule has 2 N–H and O–H groups in total. The SMILES string of the molecule is CSNC1=C(O)CCC(C)=C1. The fourth-order valence-electron chi connectivity index (χ4n) is 1.05. The highest BCUT2D eigenvalue weighted by Crippen LogP contribution is 2.20. The monoisotopic (exact) mass is 171 g/mol. The highest BCUT2D eigenvalue weighted by molar-refractivity contribution is 7.96. The molecule has 0 unspecified atom stereocenters. The lowest BCUT2D eigenvalue weighted by Gasteiger charge is -2.14. The summed E-state index contributed by atoms with van der Waals surface area (Å²) in [6, 6.07) is 0. The third-order valence-electron chi connectivity index (χ3n) is 1.67. The molecule has 1 rings (SSSR count). The molecule has 11 heavy (non-hydrogen) atoms. The second-order valence-corrected chi connectivity index (χ2v) is 3.27. The summed E-state index contributed by atoms with van der Waals surface area (Å²) in [5.41, 5.74) is 2.18. The summed E-state index contributed by atoms with van der Waals surface area (Å²) in [7, 11) is 0. The van der Waals surface area contributed by atoms with Crippen LogP contribution in [0.3, 0.4) is 0 Å². The largest absolute Gasteiger partial charge is 0.510 e. The van der Waals surface area contributed by atoms with Crippen molar-refractivity contribution < 1.29 is 5.11 Å². The van der Waals surface area contributed by atoms with Crippen molar-refractivity contribution in [2.75, 3.05) is 6.26 Å². The van der Waals surface area contributed by atoms with E-state index in [1.165, 1.54) is 17.5 Å². The van der Waals surface area contributed by atoms with E-state index in [9.17, 15) is 5.11 Å². The highest BCUT2D eigenvalue weighted by Gasteiger charge is 2.08. The van der Waals surface area contributed by atoms with Crippen molar-refractivity contribution in [1.82, 2.24) is 4.72 Å². The van der Waals surface area contributed by atoms with Crippen molar-refractivity contribution in [2.24, 2.45) is 0 Å². The average Bonchev–Trinajstić information content (AvgIpc) is 1.98. The van der Waals surface area contributed by atoms with Crippen LogP contribution in [0.1, 0.15) is 19.8 Å². The Bertz CT molecular complexity index is 208. The first-order valence-corrected chi connectivity index (χ1v) is 4.85. The Labute approximate surface area is 71.5 Å². The van der Waals surface area contributed by atoms with E-state index in [-0.39, 0.29) is 0 Å². The van der Waals surface area contributed by atoms with Gasteiger partial charge >= 0.3 is 0 Å². The van der Waals surface area contributed by atoms with Crippen LogP contribution in [0, 0.1) is 0 Å². The lowest BCUT2D eigenvalue weighted by Crippen LogP contribution is -2.08. The molecule has 0 heterocycles. The topological polar surface area (TPSA) is 32.3 Å². The average molecular weight is 171 g/mol. The number of rotatable bonds is 2. The Morgan fingerprint density at radius 2 is 2.27 bits per heavy atom. The number of nitrogens with one attached hydrogen (secondary N) is 1. The van der Waals surface area contributed by atoms with E-state index in [2.05, 4.69) is 11.6 Å². The molecule has 0 spiro atoms. The molecule has 0 aliphatic heterocycles. The van der Waals surface area contributed by atoms with Crippen molar-refractivity contribution in [2.45, 2.75) is 19.8 Å². The van der Waals surface area contributed by atoms with Crippen LogP contribution in [0.2, 0.25) is 0 Å². The third kappa shape index (κ3) is 2.19. The summed E-state index contributed by atoms with van der Waals surface area (Å²) in [4.78, 5) is 0. The Kier molecular flexibility index (Phi) is 2.88. The molecular weight excluding hydrogens is 158 g/mol. The molecule has 0 saturated carbocycles. The van der Waals surface area contributed by atoms with Crippen molar-refractivity contribution in [1.29, 1.82) is 0 Å². The van der Waals surface area contributed by atoms with Crippen LogP contribution in [-0.2, 0) is 0 Å². The summed E-state index contributed by atoms with van der Waals surface area (Å²) in [6.45, 7) is 2.08. The normalized spacial score (nSPS) is 18.2. The minimum atomic E-state index is 0.477. The van der Waals surface area contributed by atoms with Crippen LogP contribution < -0.4 is 4.72 Å². The van der Waals surface area contributed by atoms with Crippen LogP contribution in [-0.4, -0.2) is 11.4 Å². The zero-order chi connectivity index (χ0) is 8.27. The first kappa shape index (κ1) is 8.53. The van der Waals surface area contributed by atoms with Crippen LogP contribution in [0.5, 0.6) is 0 Å². The maximum Gasteiger partial charge on any atom is 0.116 e. The van der Waals surface area contributed by atoms with E-state index in [1.54, 1.807) is 0 Å². The molecule has 62 valence electrons. The van der Waals surface area contributed by atoms with Crippen molar-refractivity contribution >= 4 is 11.9 Å². The van der Waals surface area contributed by atoms with Gasteiger partial charge in [-0.15, -0.1) is 0 Å². The van der Waals surface area contributed by atoms with Gasteiger partial charge in [0.1, 0.15) is 5.76 Å². The highest BCUT2D eigenvalue weighted by atomic mass is 32.2.